The Kier molecular flexibility index (Phi) is 6.32. The zero-order chi connectivity index (χ0) is 14.3. The van der Waals surface area contributed by atoms with Crippen LogP contribution in [0.4, 0.5) is 0 Å². The Hall–Kier alpha value is -1.06. The molecule has 0 atom stereocenters. The van der Waals surface area contributed by atoms with Gasteiger partial charge in [-0.25, -0.2) is 0 Å². The van der Waals surface area contributed by atoms with Crippen LogP contribution in [0.3, 0.4) is 0 Å². The summed E-state index contributed by atoms with van der Waals surface area (Å²) in [6, 6.07) is 0. The predicted molar refractivity (Wildman–Crippen MR) is 74.7 cm³/mol. The molecule has 1 amide bonds. The van der Waals surface area contributed by atoms with Gasteiger partial charge in [0.15, 0.2) is 0 Å². The molecule has 4 heteroatoms. The lowest BCUT2D eigenvalue weighted by Gasteiger charge is -2.21. The first-order valence-corrected chi connectivity index (χ1v) is 7.35. The second kappa shape index (κ2) is 7.51. The first-order valence-electron chi connectivity index (χ1n) is 7.35. The number of rotatable bonds is 5. The minimum Gasteiger partial charge on any atom is -0.459 e. The van der Waals surface area contributed by atoms with Crippen molar-refractivity contribution in [1.29, 1.82) is 0 Å². The van der Waals surface area contributed by atoms with E-state index in [9.17, 15) is 9.59 Å². The molecular weight excluding hydrogens is 242 g/mol. The van der Waals surface area contributed by atoms with Gasteiger partial charge in [0, 0.05) is 6.42 Å². The van der Waals surface area contributed by atoms with Crippen molar-refractivity contribution in [2.75, 3.05) is 6.54 Å². The lowest BCUT2D eigenvalue weighted by molar-refractivity contribution is -0.154. The largest absolute Gasteiger partial charge is 0.459 e. The van der Waals surface area contributed by atoms with Gasteiger partial charge < -0.3 is 10.1 Å². The molecule has 4 nitrogen and oxygen atoms in total. The SMILES string of the molecule is CC(C)(C)OC(=O)CNC(=O)CCC1CCCCC1. The molecule has 1 saturated carbocycles. The normalized spacial score (nSPS) is 17.0. The molecule has 0 aromatic carbocycles. The second-order valence-corrected chi connectivity index (χ2v) is 6.41. The molecule has 0 aromatic rings. The molecule has 1 fully saturated rings. The van der Waals surface area contributed by atoms with Gasteiger partial charge in [0.05, 0.1) is 0 Å². The summed E-state index contributed by atoms with van der Waals surface area (Å²) >= 11 is 0. The summed E-state index contributed by atoms with van der Waals surface area (Å²) in [6.07, 6.45) is 7.89. The zero-order valence-corrected chi connectivity index (χ0v) is 12.5. The Morgan fingerprint density at radius 1 is 1.16 bits per heavy atom. The van der Waals surface area contributed by atoms with E-state index in [2.05, 4.69) is 5.32 Å². The van der Waals surface area contributed by atoms with Gasteiger partial charge in [0.1, 0.15) is 12.1 Å². The number of nitrogens with one attached hydrogen (secondary N) is 1. The maximum absolute atomic E-state index is 11.6. The van der Waals surface area contributed by atoms with E-state index < -0.39 is 5.60 Å². The van der Waals surface area contributed by atoms with Gasteiger partial charge in [0.2, 0.25) is 5.91 Å². The molecule has 19 heavy (non-hydrogen) atoms. The number of amides is 1. The Labute approximate surface area is 116 Å². The highest BCUT2D eigenvalue weighted by Crippen LogP contribution is 2.27. The molecule has 0 spiro atoms. The van der Waals surface area contributed by atoms with Crippen molar-refractivity contribution in [3.63, 3.8) is 0 Å². The molecule has 0 bridgehead atoms. The van der Waals surface area contributed by atoms with Gasteiger partial charge in [-0.05, 0) is 33.1 Å². The predicted octanol–water partition coefficient (Wildman–Crippen LogP) is 2.80. The highest BCUT2D eigenvalue weighted by Gasteiger charge is 2.18. The Morgan fingerprint density at radius 2 is 1.79 bits per heavy atom. The Morgan fingerprint density at radius 3 is 2.37 bits per heavy atom. The first-order chi connectivity index (χ1) is 8.87. The molecule has 0 saturated heterocycles. The lowest BCUT2D eigenvalue weighted by Crippen LogP contribution is -2.34. The molecule has 0 aliphatic heterocycles. The van der Waals surface area contributed by atoms with Gasteiger partial charge in [-0.1, -0.05) is 32.1 Å². The molecule has 0 unspecified atom stereocenters. The van der Waals surface area contributed by atoms with E-state index in [0.717, 1.165) is 6.42 Å². The van der Waals surface area contributed by atoms with Crippen LogP contribution in [0.15, 0.2) is 0 Å². The molecule has 1 rings (SSSR count). The van der Waals surface area contributed by atoms with Crippen molar-refractivity contribution >= 4 is 11.9 Å². The fraction of sp³-hybridized carbons (Fsp3) is 0.867. The molecular formula is C15H27NO3. The van der Waals surface area contributed by atoms with Crippen molar-refractivity contribution in [3.05, 3.63) is 0 Å². The Balaban J connectivity index is 2.12. The molecule has 1 aliphatic carbocycles. The van der Waals surface area contributed by atoms with Gasteiger partial charge in [0.25, 0.3) is 0 Å². The minimum absolute atomic E-state index is 0.0270. The fourth-order valence-corrected chi connectivity index (χ4v) is 2.45. The van der Waals surface area contributed by atoms with Crippen molar-refractivity contribution in [2.24, 2.45) is 5.92 Å². The molecule has 110 valence electrons. The molecule has 1 N–H and O–H groups in total. The minimum atomic E-state index is -0.496. The van der Waals surface area contributed by atoms with Crippen molar-refractivity contribution < 1.29 is 14.3 Å². The van der Waals surface area contributed by atoms with Crippen LogP contribution >= 0.6 is 0 Å². The van der Waals surface area contributed by atoms with Gasteiger partial charge >= 0.3 is 5.97 Å². The maximum Gasteiger partial charge on any atom is 0.325 e. The second-order valence-electron chi connectivity index (χ2n) is 6.41. The summed E-state index contributed by atoms with van der Waals surface area (Å²) in [6.45, 7) is 5.42. The summed E-state index contributed by atoms with van der Waals surface area (Å²) < 4.78 is 5.13. The van der Waals surface area contributed by atoms with Crippen LogP contribution in [0.2, 0.25) is 0 Å². The highest BCUT2D eigenvalue weighted by atomic mass is 16.6. The highest BCUT2D eigenvalue weighted by molar-refractivity contribution is 5.81. The van der Waals surface area contributed by atoms with E-state index in [1.165, 1.54) is 32.1 Å². The van der Waals surface area contributed by atoms with E-state index >= 15 is 0 Å². The smallest absolute Gasteiger partial charge is 0.325 e. The topological polar surface area (TPSA) is 55.4 Å². The van der Waals surface area contributed by atoms with Crippen LogP contribution in [0, 0.1) is 5.92 Å². The third kappa shape index (κ3) is 7.85. The first kappa shape index (κ1) is 16.0. The van der Waals surface area contributed by atoms with E-state index in [1.807, 2.05) is 20.8 Å². The third-order valence-corrected chi connectivity index (χ3v) is 3.35. The summed E-state index contributed by atoms with van der Waals surface area (Å²) in [7, 11) is 0. The molecule has 0 heterocycles. The molecule has 1 aliphatic rings. The lowest BCUT2D eigenvalue weighted by atomic mass is 9.86. The summed E-state index contributed by atoms with van der Waals surface area (Å²) in [5.74, 6) is 0.274. The number of esters is 1. The van der Waals surface area contributed by atoms with E-state index in [0.29, 0.717) is 12.3 Å². The number of hydrogen-bond donors (Lipinski definition) is 1. The van der Waals surface area contributed by atoms with Crippen LogP contribution in [0.25, 0.3) is 0 Å². The average Bonchev–Trinajstić information content (AvgIpc) is 2.33. The van der Waals surface area contributed by atoms with Gasteiger partial charge in [-0.2, -0.15) is 0 Å². The average molecular weight is 269 g/mol. The summed E-state index contributed by atoms with van der Waals surface area (Å²) in [4.78, 5) is 23.1. The number of carbonyl (C=O) groups is 2. The maximum atomic E-state index is 11.6. The summed E-state index contributed by atoms with van der Waals surface area (Å²) in [5, 5.41) is 2.63. The van der Waals surface area contributed by atoms with Crippen LogP contribution in [0.5, 0.6) is 0 Å². The van der Waals surface area contributed by atoms with Crippen LogP contribution in [-0.2, 0) is 14.3 Å². The van der Waals surface area contributed by atoms with E-state index in [4.69, 9.17) is 4.74 Å². The molecule has 0 aromatic heterocycles. The van der Waals surface area contributed by atoms with Gasteiger partial charge in [-0.15, -0.1) is 0 Å². The van der Waals surface area contributed by atoms with Crippen LogP contribution in [-0.4, -0.2) is 24.0 Å². The van der Waals surface area contributed by atoms with Crippen molar-refractivity contribution in [2.45, 2.75) is 71.3 Å². The zero-order valence-electron chi connectivity index (χ0n) is 12.5. The van der Waals surface area contributed by atoms with E-state index in [1.54, 1.807) is 0 Å². The van der Waals surface area contributed by atoms with E-state index in [-0.39, 0.29) is 18.4 Å². The number of hydrogen-bond acceptors (Lipinski definition) is 3. The van der Waals surface area contributed by atoms with Crippen molar-refractivity contribution in [1.82, 2.24) is 5.32 Å². The van der Waals surface area contributed by atoms with Crippen molar-refractivity contribution in [3.8, 4) is 0 Å². The number of ether oxygens (including phenoxy) is 1. The standard InChI is InChI=1S/C15H27NO3/c1-15(2,3)19-14(18)11-16-13(17)10-9-12-7-5-4-6-8-12/h12H,4-11H2,1-3H3,(H,16,17). The number of carbonyl (C=O) groups excluding carboxylic acids is 2. The van der Waals surface area contributed by atoms with Gasteiger partial charge in [-0.3, -0.25) is 9.59 Å². The third-order valence-electron chi connectivity index (χ3n) is 3.35. The monoisotopic (exact) mass is 269 g/mol. The molecule has 0 radical (unpaired) electrons. The summed E-state index contributed by atoms with van der Waals surface area (Å²) in [5.41, 5.74) is -0.496. The van der Waals surface area contributed by atoms with Crippen LogP contribution < -0.4 is 5.32 Å². The van der Waals surface area contributed by atoms with Crippen LogP contribution in [0.1, 0.15) is 65.7 Å². The quantitative estimate of drug-likeness (QED) is 0.781. The Bertz CT molecular complexity index is 301. The fourth-order valence-electron chi connectivity index (χ4n) is 2.45.